The van der Waals surface area contributed by atoms with E-state index >= 15 is 0 Å². The molecule has 1 aromatic heterocycles. The van der Waals surface area contributed by atoms with E-state index in [1.54, 1.807) is 6.07 Å². The smallest absolute Gasteiger partial charge is 0.305 e. The summed E-state index contributed by atoms with van der Waals surface area (Å²) >= 11 is 1.13. The van der Waals surface area contributed by atoms with Gasteiger partial charge in [0, 0.05) is 31.6 Å². The molecule has 0 aliphatic heterocycles. The molecule has 1 amide bonds. The first-order chi connectivity index (χ1) is 18.9. The van der Waals surface area contributed by atoms with Crippen molar-refractivity contribution in [2.45, 2.75) is 83.1 Å². The van der Waals surface area contributed by atoms with Crippen molar-refractivity contribution in [1.82, 2.24) is 15.2 Å². The first kappa shape index (κ1) is 29.2. The highest BCUT2D eigenvalue weighted by Gasteiger charge is 2.24. The Balaban J connectivity index is 1.24. The number of aromatic amines is 1. The summed E-state index contributed by atoms with van der Waals surface area (Å²) in [7, 11) is 0. The number of thiazole rings is 1. The number of phenolic OH excluding ortho intramolecular Hbond substituents is 1. The summed E-state index contributed by atoms with van der Waals surface area (Å²) in [6.07, 6.45) is 11.5. The van der Waals surface area contributed by atoms with E-state index in [0.717, 1.165) is 85.6 Å². The van der Waals surface area contributed by atoms with Crippen LogP contribution in [0, 0.1) is 11.6 Å². The molecule has 3 N–H and O–H groups in total. The molecule has 9 heteroatoms. The first-order valence-corrected chi connectivity index (χ1v) is 15.0. The minimum atomic E-state index is -0.572. The lowest BCUT2D eigenvalue weighted by Crippen LogP contribution is -2.42. The van der Waals surface area contributed by atoms with E-state index in [4.69, 9.17) is 0 Å². The van der Waals surface area contributed by atoms with Gasteiger partial charge in [-0.3, -0.25) is 9.59 Å². The fourth-order valence-electron chi connectivity index (χ4n) is 5.58. The molecule has 1 saturated carbocycles. The van der Waals surface area contributed by atoms with Crippen LogP contribution in [0.3, 0.4) is 0 Å². The van der Waals surface area contributed by atoms with Crippen LogP contribution in [0.1, 0.15) is 75.3 Å². The molecule has 0 saturated heterocycles. The number of unbranched alkanes of at least 4 members (excludes halogenated alkanes) is 2. The summed E-state index contributed by atoms with van der Waals surface area (Å²) in [5.41, 5.74) is 2.18. The topological polar surface area (TPSA) is 85.4 Å². The largest absolute Gasteiger partial charge is 0.506 e. The number of benzene rings is 2. The summed E-state index contributed by atoms with van der Waals surface area (Å²) in [6, 6.07) is 7.37. The zero-order chi connectivity index (χ0) is 27.6. The summed E-state index contributed by atoms with van der Waals surface area (Å²) in [5.74, 6) is -0.875. The Hall–Kier alpha value is -2.78. The molecule has 212 valence electrons. The Labute approximate surface area is 232 Å². The van der Waals surface area contributed by atoms with Crippen molar-refractivity contribution < 1.29 is 18.7 Å². The van der Waals surface area contributed by atoms with Gasteiger partial charge < -0.3 is 20.3 Å². The highest BCUT2D eigenvalue weighted by molar-refractivity contribution is 7.16. The third kappa shape index (κ3) is 8.60. The fourth-order valence-corrected chi connectivity index (χ4v) is 6.47. The molecule has 1 aliphatic rings. The average Bonchev–Trinajstić information content (AvgIpc) is 3.11. The molecule has 0 radical (unpaired) electrons. The number of carbonyl (C=O) groups excluding carboxylic acids is 1. The third-order valence-corrected chi connectivity index (χ3v) is 8.56. The van der Waals surface area contributed by atoms with Crippen LogP contribution in [-0.2, 0) is 17.6 Å². The quantitative estimate of drug-likeness (QED) is 0.176. The van der Waals surface area contributed by atoms with Gasteiger partial charge in [-0.15, -0.1) is 0 Å². The van der Waals surface area contributed by atoms with Gasteiger partial charge in [-0.25, -0.2) is 8.78 Å². The van der Waals surface area contributed by atoms with Gasteiger partial charge in [0.25, 0.3) is 0 Å². The molecule has 4 rings (SSSR count). The predicted octanol–water partition coefficient (Wildman–Crippen LogP) is 6.06. The van der Waals surface area contributed by atoms with E-state index in [1.807, 2.05) is 6.07 Å². The second-order valence-electron chi connectivity index (χ2n) is 10.5. The van der Waals surface area contributed by atoms with E-state index < -0.39 is 11.6 Å². The fraction of sp³-hybridized carbons (Fsp3) is 0.533. The number of amides is 1. The number of nitrogens with zero attached hydrogens (tertiary/aromatic N) is 1. The number of carbonyl (C=O) groups is 1. The molecular weight excluding hydrogens is 520 g/mol. The maximum atomic E-state index is 13.4. The molecule has 0 spiro atoms. The maximum Gasteiger partial charge on any atom is 0.305 e. The highest BCUT2D eigenvalue weighted by atomic mass is 32.1. The van der Waals surface area contributed by atoms with E-state index in [9.17, 15) is 23.5 Å². The number of aryl methyl sites for hydroxylation is 1. The van der Waals surface area contributed by atoms with Gasteiger partial charge in [-0.05, 0) is 74.4 Å². The SMILES string of the molecule is O=C(CCNCCc1cc(F)cc(F)c1)N(CCCCCc1ccc(O)c2[nH]c(=O)sc12)C1CCCCCC1. The van der Waals surface area contributed by atoms with Gasteiger partial charge in [0.05, 0.1) is 4.70 Å². The van der Waals surface area contributed by atoms with Crippen molar-refractivity contribution in [2.24, 2.45) is 0 Å². The molecule has 0 unspecified atom stereocenters. The van der Waals surface area contributed by atoms with Crippen molar-refractivity contribution in [3.05, 3.63) is 62.8 Å². The van der Waals surface area contributed by atoms with E-state index in [-0.39, 0.29) is 16.5 Å². The molecule has 2 aromatic carbocycles. The first-order valence-electron chi connectivity index (χ1n) is 14.2. The molecule has 0 bridgehead atoms. The minimum Gasteiger partial charge on any atom is -0.506 e. The number of H-pyrrole nitrogens is 1. The molecule has 1 aliphatic carbocycles. The van der Waals surface area contributed by atoms with Crippen LogP contribution in [0.4, 0.5) is 8.78 Å². The molecule has 3 aromatic rings. The second-order valence-corrected chi connectivity index (χ2v) is 11.5. The zero-order valence-electron chi connectivity index (χ0n) is 22.4. The number of aromatic nitrogens is 1. The summed E-state index contributed by atoms with van der Waals surface area (Å²) in [5, 5.41) is 13.3. The van der Waals surface area contributed by atoms with Crippen molar-refractivity contribution in [1.29, 1.82) is 0 Å². The molecule has 1 heterocycles. The van der Waals surface area contributed by atoms with Crippen LogP contribution < -0.4 is 10.2 Å². The number of hydrogen-bond acceptors (Lipinski definition) is 5. The molecule has 6 nitrogen and oxygen atoms in total. The van der Waals surface area contributed by atoms with E-state index in [1.165, 1.54) is 25.0 Å². The van der Waals surface area contributed by atoms with Crippen LogP contribution in [-0.4, -0.2) is 46.6 Å². The van der Waals surface area contributed by atoms with Gasteiger partial charge in [0.2, 0.25) is 5.91 Å². The van der Waals surface area contributed by atoms with Gasteiger partial charge >= 0.3 is 4.87 Å². The number of nitrogens with one attached hydrogen (secondary N) is 2. The van der Waals surface area contributed by atoms with Gasteiger partial charge in [0.1, 0.15) is 22.9 Å². The zero-order valence-corrected chi connectivity index (χ0v) is 23.3. The van der Waals surface area contributed by atoms with Crippen LogP contribution in [0.15, 0.2) is 35.1 Å². The highest BCUT2D eigenvalue weighted by Crippen LogP contribution is 2.29. The number of aromatic hydroxyl groups is 1. The second kappa shape index (κ2) is 14.6. The third-order valence-electron chi connectivity index (χ3n) is 7.60. The molecule has 39 heavy (non-hydrogen) atoms. The number of rotatable bonds is 13. The van der Waals surface area contributed by atoms with Crippen molar-refractivity contribution in [3.8, 4) is 5.75 Å². The number of hydrogen-bond donors (Lipinski definition) is 3. The minimum absolute atomic E-state index is 0.0991. The number of phenols is 1. The van der Waals surface area contributed by atoms with E-state index in [2.05, 4.69) is 15.2 Å². The van der Waals surface area contributed by atoms with Crippen molar-refractivity contribution in [3.63, 3.8) is 0 Å². The maximum absolute atomic E-state index is 13.4. The normalized spacial score (nSPS) is 14.5. The van der Waals surface area contributed by atoms with Crippen molar-refractivity contribution in [2.75, 3.05) is 19.6 Å². The Morgan fingerprint density at radius 3 is 2.49 bits per heavy atom. The Morgan fingerprint density at radius 2 is 1.74 bits per heavy atom. The Morgan fingerprint density at radius 1 is 1.00 bits per heavy atom. The Kier molecular flexibility index (Phi) is 10.9. The molecule has 1 fully saturated rings. The lowest BCUT2D eigenvalue weighted by atomic mass is 10.0. The van der Waals surface area contributed by atoms with Crippen LogP contribution in [0.5, 0.6) is 5.75 Å². The lowest BCUT2D eigenvalue weighted by Gasteiger charge is -2.31. The predicted molar refractivity (Wildman–Crippen MR) is 152 cm³/mol. The summed E-state index contributed by atoms with van der Waals surface area (Å²) < 4.78 is 27.6. The Bertz CT molecular complexity index is 1260. The van der Waals surface area contributed by atoms with Crippen molar-refractivity contribution >= 4 is 27.5 Å². The van der Waals surface area contributed by atoms with Gasteiger partial charge in [-0.1, -0.05) is 49.5 Å². The molecule has 0 atom stereocenters. The summed E-state index contributed by atoms with van der Waals surface area (Å²) in [4.78, 5) is 29.7. The average molecular weight is 560 g/mol. The summed E-state index contributed by atoms with van der Waals surface area (Å²) in [6.45, 7) is 1.84. The van der Waals surface area contributed by atoms with Crippen LogP contribution in [0.25, 0.3) is 10.2 Å². The molecular formula is C30H39F2N3O3S. The number of fused-ring (bicyclic) bond motifs is 1. The number of halogens is 2. The standard InChI is InChI=1S/C30H39F2N3O3S/c31-23-18-21(19-24(32)20-23)13-15-33-16-14-27(37)35(25-9-5-1-2-6-10-25)17-7-3-4-8-22-11-12-26(36)28-29(22)39-30(38)34-28/h11-12,18-20,25,33,36H,1-10,13-17H2,(H,34,38). The van der Waals surface area contributed by atoms with Gasteiger partial charge in [-0.2, -0.15) is 0 Å². The van der Waals surface area contributed by atoms with Crippen LogP contribution in [0.2, 0.25) is 0 Å². The van der Waals surface area contributed by atoms with Crippen LogP contribution >= 0.6 is 11.3 Å². The lowest BCUT2D eigenvalue weighted by molar-refractivity contribution is -0.133. The van der Waals surface area contributed by atoms with Gasteiger partial charge in [0.15, 0.2) is 0 Å². The monoisotopic (exact) mass is 559 g/mol. The van der Waals surface area contributed by atoms with E-state index in [0.29, 0.717) is 43.1 Å².